The molecule has 0 saturated carbocycles. The van der Waals surface area contributed by atoms with Gasteiger partial charge in [-0.2, -0.15) is 0 Å². The molecule has 16 heavy (non-hydrogen) atoms. The van der Waals surface area contributed by atoms with Crippen LogP contribution in [0.1, 0.15) is 17.9 Å². The second-order valence-corrected chi connectivity index (χ2v) is 4.19. The Morgan fingerprint density at radius 3 is 2.75 bits per heavy atom. The summed E-state index contributed by atoms with van der Waals surface area (Å²) in [7, 11) is 1.82. The first-order valence-electron chi connectivity index (χ1n) is 5.40. The Morgan fingerprint density at radius 2 is 2.19 bits per heavy atom. The van der Waals surface area contributed by atoms with Crippen LogP contribution in [0.4, 0.5) is 5.82 Å². The summed E-state index contributed by atoms with van der Waals surface area (Å²) in [5.41, 5.74) is 0.911. The van der Waals surface area contributed by atoms with Gasteiger partial charge in [-0.05, 0) is 20.3 Å². The van der Waals surface area contributed by atoms with Gasteiger partial charge in [-0.3, -0.25) is 4.79 Å². The highest BCUT2D eigenvalue weighted by atomic mass is 16.2. The molecule has 1 amide bonds. The van der Waals surface area contributed by atoms with Crippen LogP contribution in [0.3, 0.4) is 0 Å². The van der Waals surface area contributed by atoms with Gasteiger partial charge in [0.15, 0.2) is 0 Å². The molecule has 1 aliphatic rings. The Kier molecular flexibility index (Phi) is 2.77. The zero-order valence-corrected chi connectivity index (χ0v) is 9.82. The van der Waals surface area contributed by atoms with Gasteiger partial charge in [-0.25, -0.2) is 9.97 Å². The lowest BCUT2D eigenvalue weighted by Crippen LogP contribution is -2.31. The molecule has 1 aliphatic heterocycles. The number of aryl methyl sites for hydroxylation is 2. The first kappa shape index (κ1) is 10.9. The fourth-order valence-electron chi connectivity index (χ4n) is 1.93. The van der Waals surface area contributed by atoms with Crippen molar-refractivity contribution in [2.75, 3.05) is 18.9 Å². The molecule has 86 valence electrons. The third-order valence-electron chi connectivity index (χ3n) is 2.72. The zero-order valence-electron chi connectivity index (χ0n) is 9.82. The molecule has 1 fully saturated rings. The van der Waals surface area contributed by atoms with Gasteiger partial charge in [0.05, 0.1) is 0 Å². The summed E-state index contributed by atoms with van der Waals surface area (Å²) in [4.78, 5) is 21.9. The van der Waals surface area contributed by atoms with E-state index < -0.39 is 0 Å². The highest BCUT2D eigenvalue weighted by Gasteiger charge is 2.29. The maximum Gasteiger partial charge on any atom is 0.244 e. The molecule has 1 saturated heterocycles. The van der Waals surface area contributed by atoms with Crippen molar-refractivity contribution >= 4 is 11.7 Å². The second-order valence-electron chi connectivity index (χ2n) is 4.19. The number of amides is 1. The summed E-state index contributed by atoms with van der Waals surface area (Å²) in [5, 5.41) is 3.16. The van der Waals surface area contributed by atoms with E-state index in [1.165, 1.54) is 0 Å². The van der Waals surface area contributed by atoms with E-state index in [2.05, 4.69) is 15.3 Å². The number of likely N-dealkylation sites (tertiary alicyclic amines) is 1. The van der Waals surface area contributed by atoms with Crippen molar-refractivity contribution in [3.8, 4) is 0 Å². The Morgan fingerprint density at radius 1 is 1.44 bits per heavy atom. The summed E-state index contributed by atoms with van der Waals surface area (Å²) in [6, 6.07) is 1.72. The van der Waals surface area contributed by atoms with Gasteiger partial charge < -0.3 is 10.2 Å². The standard InChI is InChI=1S/C11H16N4O/c1-7-6-10(13-8(2)12-7)14-9-4-5-15(3)11(9)16/h6,9H,4-5H2,1-3H3,(H,12,13,14). The molecule has 5 nitrogen and oxygen atoms in total. The van der Waals surface area contributed by atoms with Crippen LogP contribution >= 0.6 is 0 Å². The number of aromatic nitrogens is 2. The van der Waals surface area contributed by atoms with Gasteiger partial charge in [0, 0.05) is 25.4 Å². The number of rotatable bonds is 2. The lowest BCUT2D eigenvalue weighted by atomic mass is 10.2. The molecule has 1 unspecified atom stereocenters. The lowest BCUT2D eigenvalue weighted by Gasteiger charge is -2.13. The van der Waals surface area contributed by atoms with Crippen LogP contribution in [0.2, 0.25) is 0 Å². The van der Waals surface area contributed by atoms with Crippen molar-refractivity contribution in [1.82, 2.24) is 14.9 Å². The first-order chi connectivity index (χ1) is 7.56. The molecular weight excluding hydrogens is 204 g/mol. The monoisotopic (exact) mass is 220 g/mol. The number of carbonyl (C=O) groups is 1. The second kappa shape index (κ2) is 4.08. The Balaban J connectivity index is 2.12. The van der Waals surface area contributed by atoms with Gasteiger partial charge in [0.1, 0.15) is 17.7 Å². The zero-order chi connectivity index (χ0) is 11.7. The number of likely N-dealkylation sites (N-methyl/N-ethyl adjacent to an activating group) is 1. The normalized spacial score (nSPS) is 20.3. The van der Waals surface area contributed by atoms with Crippen LogP contribution in [0.25, 0.3) is 0 Å². The topological polar surface area (TPSA) is 58.1 Å². The quantitative estimate of drug-likeness (QED) is 0.798. The molecule has 0 spiro atoms. The fraction of sp³-hybridized carbons (Fsp3) is 0.545. The SMILES string of the molecule is Cc1cc(NC2CCN(C)C2=O)nc(C)n1. The number of nitrogens with one attached hydrogen (secondary N) is 1. The summed E-state index contributed by atoms with van der Waals surface area (Å²) in [6.07, 6.45) is 0.831. The molecule has 0 bridgehead atoms. The average Bonchev–Trinajstić information content (AvgIpc) is 2.48. The van der Waals surface area contributed by atoms with Gasteiger partial charge in [0.2, 0.25) is 5.91 Å². The van der Waals surface area contributed by atoms with Crippen molar-refractivity contribution in [2.24, 2.45) is 0 Å². The number of carbonyl (C=O) groups excluding carboxylic acids is 1. The lowest BCUT2D eigenvalue weighted by molar-refractivity contribution is -0.127. The average molecular weight is 220 g/mol. The molecule has 1 atom stereocenters. The summed E-state index contributed by atoms with van der Waals surface area (Å²) < 4.78 is 0. The third-order valence-corrected chi connectivity index (χ3v) is 2.72. The van der Waals surface area contributed by atoms with E-state index in [9.17, 15) is 4.79 Å². The smallest absolute Gasteiger partial charge is 0.244 e. The molecule has 0 aliphatic carbocycles. The van der Waals surface area contributed by atoms with E-state index in [1.807, 2.05) is 27.0 Å². The van der Waals surface area contributed by atoms with E-state index in [1.54, 1.807) is 4.90 Å². The minimum absolute atomic E-state index is 0.133. The van der Waals surface area contributed by atoms with Crippen molar-refractivity contribution in [3.63, 3.8) is 0 Å². The number of hydrogen-bond donors (Lipinski definition) is 1. The minimum atomic E-state index is -0.140. The molecular formula is C11H16N4O. The van der Waals surface area contributed by atoms with Crippen molar-refractivity contribution in [2.45, 2.75) is 26.3 Å². The fourth-order valence-corrected chi connectivity index (χ4v) is 1.93. The first-order valence-corrected chi connectivity index (χ1v) is 5.40. The maximum atomic E-state index is 11.7. The van der Waals surface area contributed by atoms with E-state index in [0.29, 0.717) is 0 Å². The Labute approximate surface area is 94.9 Å². The Bertz CT molecular complexity index is 398. The van der Waals surface area contributed by atoms with Gasteiger partial charge in [0.25, 0.3) is 0 Å². The minimum Gasteiger partial charge on any atom is -0.358 e. The van der Waals surface area contributed by atoms with Crippen LogP contribution in [-0.2, 0) is 4.79 Å². The predicted octanol–water partition coefficient (Wildman–Crippen LogP) is 0.736. The predicted molar refractivity (Wildman–Crippen MR) is 61.2 cm³/mol. The molecule has 0 radical (unpaired) electrons. The Hall–Kier alpha value is -1.65. The van der Waals surface area contributed by atoms with Crippen LogP contribution < -0.4 is 5.32 Å². The molecule has 1 aromatic heterocycles. The van der Waals surface area contributed by atoms with Crippen LogP contribution in [0, 0.1) is 13.8 Å². The maximum absolute atomic E-state index is 11.7. The van der Waals surface area contributed by atoms with E-state index in [4.69, 9.17) is 0 Å². The largest absolute Gasteiger partial charge is 0.358 e. The highest BCUT2D eigenvalue weighted by Crippen LogP contribution is 2.14. The van der Waals surface area contributed by atoms with Crippen LogP contribution in [0.5, 0.6) is 0 Å². The molecule has 5 heteroatoms. The van der Waals surface area contributed by atoms with Crippen molar-refractivity contribution < 1.29 is 4.79 Å². The summed E-state index contributed by atoms with van der Waals surface area (Å²) in [6.45, 7) is 4.57. The van der Waals surface area contributed by atoms with Gasteiger partial charge in [-0.15, -0.1) is 0 Å². The summed E-state index contributed by atoms with van der Waals surface area (Å²) in [5.74, 6) is 1.59. The number of anilines is 1. The van der Waals surface area contributed by atoms with Crippen LogP contribution in [0.15, 0.2) is 6.07 Å². The summed E-state index contributed by atoms with van der Waals surface area (Å²) >= 11 is 0. The van der Waals surface area contributed by atoms with Crippen molar-refractivity contribution in [1.29, 1.82) is 0 Å². The molecule has 1 N–H and O–H groups in total. The third kappa shape index (κ3) is 2.13. The van der Waals surface area contributed by atoms with Crippen LogP contribution in [-0.4, -0.2) is 40.4 Å². The molecule has 1 aromatic rings. The van der Waals surface area contributed by atoms with Gasteiger partial charge >= 0.3 is 0 Å². The van der Waals surface area contributed by atoms with E-state index in [-0.39, 0.29) is 11.9 Å². The van der Waals surface area contributed by atoms with Gasteiger partial charge in [-0.1, -0.05) is 0 Å². The number of hydrogen-bond acceptors (Lipinski definition) is 4. The van der Waals surface area contributed by atoms with Crippen molar-refractivity contribution in [3.05, 3.63) is 17.6 Å². The highest BCUT2D eigenvalue weighted by molar-refractivity contribution is 5.86. The molecule has 2 rings (SSSR count). The van der Waals surface area contributed by atoms with E-state index in [0.717, 1.165) is 30.3 Å². The molecule has 2 heterocycles. The molecule has 0 aromatic carbocycles. The van der Waals surface area contributed by atoms with E-state index >= 15 is 0 Å². The number of nitrogens with zero attached hydrogens (tertiary/aromatic N) is 3.